The lowest BCUT2D eigenvalue weighted by Crippen LogP contribution is -2.29. The van der Waals surface area contributed by atoms with Crippen LogP contribution in [0.5, 0.6) is 11.5 Å². The number of carbonyl (C=O) groups excluding carboxylic acids is 2. The molecule has 2 N–H and O–H groups in total. The van der Waals surface area contributed by atoms with E-state index in [1.807, 2.05) is 26.0 Å². The number of benzene rings is 3. The van der Waals surface area contributed by atoms with Crippen LogP contribution in [0.25, 0.3) is 16.0 Å². The molecule has 1 fully saturated rings. The van der Waals surface area contributed by atoms with Gasteiger partial charge in [0.05, 0.1) is 28.4 Å². The van der Waals surface area contributed by atoms with E-state index in [-0.39, 0.29) is 28.0 Å². The van der Waals surface area contributed by atoms with Crippen LogP contribution in [0.4, 0.5) is 5.13 Å². The third-order valence-electron chi connectivity index (χ3n) is 6.24. The van der Waals surface area contributed by atoms with Gasteiger partial charge in [-0.25, -0.2) is 4.98 Å². The number of thiazole rings is 1. The van der Waals surface area contributed by atoms with Crippen LogP contribution < -0.4 is 9.64 Å². The lowest BCUT2D eigenvalue weighted by atomic mass is 9.93. The van der Waals surface area contributed by atoms with Crippen LogP contribution in [0.3, 0.4) is 0 Å². The molecule has 1 unspecified atom stereocenters. The predicted molar refractivity (Wildman–Crippen MR) is 145 cm³/mol. The number of aryl methyl sites for hydroxylation is 2. The van der Waals surface area contributed by atoms with Crippen molar-refractivity contribution in [2.75, 3.05) is 11.5 Å². The summed E-state index contributed by atoms with van der Waals surface area (Å²) in [7, 11) is 0. The Balaban J connectivity index is 1.77. The maximum atomic E-state index is 13.5. The Morgan fingerprint density at radius 3 is 2.65 bits per heavy atom. The summed E-state index contributed by atoms with van der Waals surface area (Å²) < 4.78 is 6.31. The highest BCUT2D eigenvalue weighted by Crippen LogP contribution is 2.46. The number of aliphatic hydroxyl groups excluding tert-OH is 1. The summed E-state index contributed by atoms with van der Waals surface area (Å²) in [5.41, 5.74) is 3.14. The van der Waals surface area contributed by atoms with Crippen molar-refractivity contribution in [3.05, 3.63) is 87.4 Å². The Morgan fingerprint density at radius 1 is 1.11 bits per heavy atom. The number of amides is 1. The fourth-order valence-electron chi connectivity index (χ4n) is 4.44. The molecule has 3 aromatic carbocycles. The highest BCUT2D eigenvalue weighted by molar-refractivity contribution is 7.22. The number of aromatic nitrogens is 1. The molecule has 1 aliphatic rings. The van der Waals surface area contributed by atoms with Gasteiger partial charge in [0.25, 0.3) is 5.78 Å². The smallest absolute Gasteiger partial charge is 0.301 e. The fourth-order valence-corrected chi connectivity index (χ4v) is 5.71. The zero-order valence-electron chi connectivity index (χ0n) is 20.3. The number of aliphatic hydroxyl groups is 1. The first-order valence-corrected chi connectivity index (χ1v) is 12.8. The molecule has 1 amide bonds. The maximum absolute atomic E-state index is 13.5. The number of halogens is 1. The van der Waals surface area contributed by atoms with Crippen LogP contribution in [-0.4, -0.2) is 33.5 Å². The molecule has 0 radical (unpaired) electrons. The van der Waals surface area contributed by atoms with E-state index in [2.05, 4.69) is 4.98 Å². The van der Waals surface area contributed by atoms with Crippen LogP contribution in [0.15, 0.2) is 60.2 Å². The molecule has 0 saturated carbocycles. The van der Waals surface area contributed by atoms with E-state index < -0.39 is 17.7 Å². The number of carbonyl (C=O) groups is 2. The van der Waals surface area contributed by atoms with Gasteiger partial charge in [0.2, 0.25) is 0 Å². The number of hydrogen-bond acceptors (Lipinski definition) is 7. The first kappa shape index (κ1) is 24.8. The van der Waals surface area contributed by atoms with Crippen molar-refractivity contribution in [1.82, 2.24) is 4.98 Å². The average molecular weight is 535 g/mol. The monoisotopic (exact) mass is 534 g/mol. The van der Waals surface area contributed by atoms with Gasteiger partial charge in [0, 0.05) is 10.6 Å². The number of hydrogen-bond donors (Lipinski definition) is 2. The van der Waals surface area contributed by atoms with Gasteiger partial charge in [-0.05, 0) is 68.3 Å². The van der Waals surface area contributed by atoms with Crippen LogP contribution in [0.1, 0.15) is 35.2 Å². The number of nitrogens with zero attached hydrogens (tertiary/aromatic N) is 2. The molecule has 1 atom stereocenters. The molecule has 0 bridgehead atoms. The van der Waals surface area contributed by atoms with Gasteiger partial charge in [-0.3, -0.25) is 14.5 Å². The molecule has 37 heavy (non-hydrogen) atoms. The van der Waals surface area contributed by atoms with Gasteiger partial charge < -0.3 is 14.9 Å². The number of ether oxygens (including phenoxy) is 1. The van der Waals surface area contributed by atoms with Crippen LogP contribution in [-0.2, 0) is 9.59 Å². The van der Waals surface area contributed by atoms with Crippen molar-refractivity contribution >= 4 is 55.7 Å². The van der Waals surface area contributed by atoms with E-state index in [1.165, 1.54) is 22.3 Å². The summed E-state index contributed by atoms with van der Waals surface area (Å²) in [6.07, 6.45) is 0. The SMILES string of the molecule is CCOc1cc(C2C(=C(O)c3cc(C)ccc3C)C(=O)C(=O)N2c2nc3ccc(Cl)cc3s2)ccc1O. The van der Waals surface area contributed by atoms with Gasteiger partial charge in [0.1, 0.15) is 5.76 Å². The third-order valence-corrected chi connectivity index (χ3v) is 7.49. The topological polar surface area (TPSA) is 100.0 Å². The molecule has 7 nitrogen and oxygen atoms in total. The minimum atomic E-state index is -1.00. The minimum Gasteiger partial charge on any atom is -0.507 e. The van der Waals surface area contributed by atoms with E-state index in [0.717, 1.165) is 15.8 Å². The molecule has 1 aliphatic heterocycles. The number of fused-ring (bicyclic) bond motifs is 1. The van der Waals surface area contributed by atoms with E-state index in [4.69, 9.17) is 16.3 Å². The van der Waals surface area contributed by atoms with E-state index in [9.17, 15) is 19.8 Å². The highest BCUT2D eigenvalue weighted by Gasteiger charge is 2.48. The molecule has 5 rings (SSSR count). The third kappa shape index (κ3) is 4.32. The zero-order chi connectivity index (χ0) is 26.4. The molecule has 1 aromatic heterocycles. The lowest BCUT2D eigenvalue weighted by Gasteiger charge is -2.24. The summed E-state index contributed by atoms with van der Waals surface area (Å²) in [5.74, 6) is -1.79. The van der Waals surface area contributed by atoms with Crippen molar-refractivity contribution in [2.45, 2.75) is 26.8 Å². The van der Waals surface area contributed by atoms with Crippen LogP contribution in [0, 0.1) is 13.8 Å². The average Bonchev–Trinajstić information content (AvgIpc) is 3.39. The molecular weight excluding hydrogens is 512 g/mol. The highest BCUT2D eigenvalue weighted by atomic mass is 35.5. The molecule has 2 heterocycles. The number of phenols is 1. The largest absolute Gasteiger partial charge is 0.507 e. The molecule has 9 heteroatoms. The Morgan fingerprint density at radius 2 is 1.89 bits per heavy atom. The molecule has 0 spiro atoms. The van der Waals surface area contributed by atoms with Crippen LogP contribution in [0.2, 0.25) is 5.02 Å². The second kappa shape index (κ2) is 9.53. The number of ketones is 1. The van der Waals surface area contributed by atoms with Gasteiger partial charge in [-0.15, -0.1) is 0 Å². The molecular formula is C28H23ClN2O5S. The molecule has 0 aliphatic carbocycles. The van der Waals surface area contributed by atoms with Crippen LogP contribution >= 0.6 is 22.9 Å². The fraction of sp³-hybridized carbons (Fsp3) is 0.179. The van der Waals surface area contributed by atoms with Gasteiger partial charge in [0.15, 0.2) is 16.6 Å². The number of anilines is 1. The van der Waals surface area contributed by atoms with Gasteiger partial charge >= 0.3 is 5.91 Å². The Labute approximate surface area is 222 Å². The van der Waals surface area contributed by atoms with Gasteiger partial charge in [-0.2, -0.15) is 0 Å². The second-order valence-corrected chi connectivity index (χ2v) is 10.2. The quantitative estimate of drug-likeness (QED) is 0.177. The zero-order valence-corrected chi connectivity index (χ0v) is 21.9. The first-order chi connectivity index (χ1) is 17.7. The van der Waals surface area contributed by atoms with Crippen molar-refractivity contribution in [3.8, 4) is 11.5 Å². The van der Waals surface area contributed by atoms with Crippen molar-refractivity contribution in [2.24, 2.45) is 0 Å². The standard InChI is InChI=1S/C28H23ClN2O5S/c1-4-36-21-12-16(7-10-20(21)32)24-23(25(33)18-11-14(2)5-6-15(18)3)26(34)27(35)31(24)28-30-19-9-8-17(29)13-22(19)37-28/h5-13,24,32-33H,4H2,1-3H3. The number of Topliss-reactive ketones (excluding diaryl/α,β-unsaturated/α-hetero) is 1. The minimum absolute atomic E-state index is 0.0656. The van der Waals surface area contributed by atoms with Gasteiger partial charge in [-0.1, -0.05) is 46.7 Å². The van der Waals surface area contributed by atoms with E-state index in [0.29, 0.717) is 28.3 Å². The Hall–Kier alpha value is -3.88. The van der Waals surface area contributed by atoms with E-state index in [1.54, 1.807) is 43.3 Å². The summed E-state index contributed by atoms with van der Waals surface area (Å²) in [6, 6.07) is 14.3. The number of rotatable bonds is 5. The second-order valence-electron chi connectivity index (χ2n) is 8.76. The lowest BCUT2D eigenvalue weighted by molar-refractivity contribution is -0.132. The number of phenolic OH excluding ortho intramolecular Hbond substituents is 1. The summed E-state index contributed by atoms with van der Waals surface area (Å²) in [4.78, 5) is 32.9. The Bertz CT molecular complexity index is 1610. The normalized spacial score (nSPS) is 17.1. The van der Waals surface area contributed by atoms with Crippen molar-refractivity contribution < 1.29 is 24.5 Å². The van der Waals surface area contributed by atoms with E-state index >= 15 is 0 Å². The molecule has 188 valence electrons. The summed E-state index contributed by atoms with van der Waals surface area (Å²) >= 11 is 7.37. The number of aromatic hydroxyl groups is 1. The maximum Gasteiger partial charge on any atom is 0.301 e. The summed E-state index contributed by atoms with van der Waals surface area (Å²) in [5, 5.41) is 22.6. The van der Waals surface area contributed by atoms with Crippen molar-refractivity contribution in [1.29, 1.82) is 0 Å². The Kier molecular flexibility index (Phi) is 6.39. The first-order valence-electron chi connectivity index (χ1n) is 11.6. The molecule has 1 saturated heterocycles. The predicted octanol–water partition coefficient (Wildman–Crippen LogP) is 6.30. The molecule has 4 aromatic rings. The summed E-state index contributed by atoms with van der Waals surface area (Å²) in [6.45, 7) is 5.79. The van der Waals surface area contributed by atoms with Crippen molar-refractivity contribution in [3.63, 3.8) is 0 Å².